The molecule has 3 N–H and O–H groups in total. The first kappa shape index (κ1) is 15.5. The third-order valence-corrected chi connectivity index (χ3v) is 3.71. The molecular weight excluding hydrogens is 332 g/mol. The number of hydrogen-bond acceptors (Lipinski definition) is 6. The number of hydrogen-bond donors (Lipinski definition) is 2. The van der Waals surface area contributed by atoms with Crippen LogP contribution in [0.3, 0.4) is 0 Å². The molecule has 0 amide bonds. The Morgan fingerprint density at radius 3 is 2.52 bits per heavy atom. The van der Waals surface area contributed by atoms with Crippen molar-refractivity contribution in [1.29, 1.82) is 0 Å². The van der Waals surface area contributed by atoms with Crippen molar-refractivity contribution in [3.8, 4) is 0 Å². The van der Waals surface area contributed by atoms with Crippen LogP contribution in [0, 0.1) is 6.92 Å². The molecule has 1 aromatic heterocycles. The molecule has 112 valence electrons. The first-order valence-electron chi connectivity index (χ1n) is 6.83. The zero-order chi connectivity index (χ0) is 15.4. The van der Waals surface area contributed by atoms with Crippen molar-refractivity contribution in [2.75, 3.05) is 29.0 Å². The van der Waals surface area contributed by atoms with Gasteiger partial charge in [-0.05, 0) is 54.4 Å². The number of nitrogen functional groups attached to an aromatic ring is 1. The summed E-state index contributed by atoms with van der Waals surface area (Å²) in [4.78, 5) is 14.8. The molecule has 0 bridgehead atoms. The number of rotatable bonds is 5. The maximum absolute atomic E-state index is 5.78. The molecule has 1 heterocycles. The van der Waals surface area contributed by atoms with Crippen molar-refractivity contribution in [3.05, 3.63) is 28.2 Å². The van der Waals surface area contributed by atoms with Gasteiger partial charge in [0.1, 0.15) is 0 Å². The van der Waals surface area contributed by atoms with Crippen LogP contribution in [0.15, 0.2) is 22.7 Å². The van der Waals surface area contributed by atoms with E-state index in [1.807, 2.05) is 43.9 Å². The first-order valence-corrected chi connectivity index (χ1v) is 7.62. The van der Waals surface area contributed by atoms with E-state index in [1.165, 1.54) is 5.56 Å². The SMILES string of the molecule is CCN(CC)c1nc(N)nc(Nc2ccc(C)cc2Br)n1. The predicted molar refractivity (Wildman–Crippen MR) is 90.0 cm³/mol. The molecule has 6 nitrogen and oxygen atoms in total. The van der Waals surface area contributed by atoms with Gasteiger partial charge in [-0.1, -0.05) is 6.07 Å². The molecule has 1 aromatic carbocycles. The maximum atomic E-state index is 5.78. The first-order chi connectivity index (χ1) is 10.0. The molecule has 0 spiro atoms. The van der Waals surface area contributed by atoms with Gasteiger partial charge in [0.2, 0.25) is 17.8 Å². The lowest BCUT2D eigenvalue weighted by Gasteiger charge is -2.19. The molecule has 2 rings (SSSR count). The van der Waals surface area contributed by atoms with Crippen LogP contribution in [0.4, 0.5) is 23.5 Å². The molecule has 0 saturated heterocycles. The number of nitrogens with zero attached hydrogens (tertiary/aromatic N) is 4. The van der Waals surface area contributed by atoms with Crippen LogP contribution in [0.1, 0.15) is 19.4 Å². The minimum absolute atomic E-state index is 0.206. The molecule has 0 aliphatic rings. The molecule has 2 aromatic rings. The van der Waals surface area contributed by atoms with Crippen molar-refractivity contribution in [2.24, 2.45) is 0 Å². The fourth-order valence-corrected chi connectivity index (χ4v) is 2.52. The van der Waals surface area contributed by atoms with Crippen LogP contribution in [-0.2, 0) is 0 Å². The molecule has 0 aliphatic heterocycles. The van der Waals surface area contributed by atoms with Crippen LogP contribution in [0.5, 0.6) is 0 Å². The fraction of sp³-hybridized carbons (Fsp3) is 0.357. The number of aromatic nitrogens is 3. The summed E-state index contributed by atoms with van der Waals surface area (Å²) in [5.41, 5.74) is 7.84. The Labute approximate surface area is 132 Å². The molecular formula is C14H19BrN6. The summed E-state index contributed by atoms with van der Waals surface area (Å²) in [6, 6.07) is 6.01. The molecule has 0 atom stereocenters. The summed E-state index contributed by atoms with van der Waals surface area (Å²) in [6.07, 6.45) is 0. The van der Waals surface area contributed by atoms with Crippen LogP contribution in [-0.4, -0.2) is 28.0 Å². The molecule has 0 radical (unpaired) electrons. The van der Waals surface area contributed by atoms with Gasteiger partial charge < -0.3 is 16.0 Å². The van der Waals surface area contributed by atoms with Gasteiger partial charge in [0, 0.05) is 17.6 Å². The van der Waals surface area contributed by atoms with Gasteiger partial charge in [0.15, 0.2) is 0 Å². The van der Waals surface area contributed by atoms with Crippen molar-refractivity contribution < 1.29 is 0 Å². The van der Waals surface area contributed by atoms with Crippen LogP contribution in [0.25, 0.3) is 0 Å². The van der Waals surface area contributed by atoms with Gasteiger partial charge in [-0.2, -0.15) is 15.0 Å². The lowest BCUT2D eigenvalue weighted by molar-refractivity contribution is 0.816. The van der Waals surface area contributed by atoms with E-state index in [0.29, 0.717) is 11.9 Å². The Morgan fingerprint density at radius 1 is 1.19 bits per heavy atom. The summed E-state index contributed by atoms with van der Waals surface area (Å²) < 4.78 is 0.950. The van der Waals surface area contributed by atoms with E-state index in [1.54, 1.807) is 0 Å². The Morgan fingerprint density at radius 2 is 1.90 bits per heavy atom. The third kappa shape index (κ3) is 3.81. The summed E-state index contributed by atoms with van der Waals surface area (Å²) in [7, 11) is 0. The summed E-state index contributed by atoms with van der Waals surface area (Å²) in [6.45, 7) is 7.76. The van der Waals surface area contributed by atoms with E-state index in [2.05, 4.69) is 36.2 Å². The maximum Gasteiger partial charge on any atom is 0.233 e. The Balaban J connectivity index is 2.31. The second-order valence-electron chi connectivity index (χ2n) is 4.60. The average Bonchev–Trinajstić information content (AvgIpc) is 2.43. The van der Waals surface area contributed by atoms with E-state index < -0.39 is 0 Å². The Kier molecular flexibility index (Phi) is 4.95. The highest BCUT2D eigenvalue weighted by Crippen LogP contribution is 2.26. The van der Waals surface area contributed by atoms with Crippen LogP contribution in [0.2, 0.25) is 0 Å². The summed E-state index contributed by atoms with van der Waals surface area (Å²) in [5.74, 6) is 1.23. The Hall–Kier alpha value is -1.89. The number of nitrogens with one attached hydrogen (secondary N) is 1. The second-order valence-corrected chi connectivity index (χ2v) is 5.45. The third-order valence-electron chi connectivity index (χ3n) is 3.06. The highest BCUT2D eigenvalue weighted by atomic mass is 79.9. The minimum Gasteiger partial charge on any atom is -0.368 e. The lowest BCUT2D eigenvalue weighted by atomic mass is 10.2. The molecule has 0 aliphatic carbocycles. The topological polar surface area (TPSA) is 80.0 Å². The molecule has 21 heavy (non-hydrogen) atoms. The van der Waals surface area contributed by atoms with Gasteiger partial charge in [-0.25, -0.2) is 0 Å². The van der Waals surface area contributed by atoms with Crippen LogP contribution >= 0.6 is 15.9 Å². The van der Waals surface area contributed by atoms with E-state index >= 15 is 0 Å². The highest BCUT2D eigenvalue weighted by molar-refractivity contribution is 9.10. The predicted octanol–water partition coefficient (Wildman–Crippen LogP) is 3.11. The summed E-state index contributed by atoms with van der Waals surface area (Å²) in [5, 5.41) is 3.17. The standard InChI is InChI=1S/C14H19BrN6/c1-4-21(5-2)14-19-12(16)18-13(20-14)17-11-7-6-9(3)8-10(11)15/h6-8H,4-5H2,1-3H3,(H3,16,17,18,19,20). The molecule has 0 fully saturated rings. The summed E-state index contributed by atoms with van der Waals surface area (Å²) >= 11 is 3.52. The monoisotopic (exact) mass is 350 g/mol. The fourth-order valence-electron chi connectivity index (χ4n) is 1.93. The van der Waals surface area contributed by atoms with Crippen LogP contribution < -0.4 is 16.0 Å². The quantitative estimate of drug-likeness (QED) is 0.862. The largest absolute Gasteiger partial charge is 0.368 e. The van der Waals surface area contributed by atoms with Gasteiger partial charge >= 0.3 is 0 Å². The number of halogens is 1. The van der Waals surface area contributed by atoms with Crippen molar-refractivity contribution in [1.82, 2.24) is 15.0 Å². The second kappa shape index (κ2) is 6.71. The number of anilines is 4. The smallest absolute Gasteiger partial charge is 0.233 e. The number of benzene rings is 1. The highest BCUT2D eigenvalue weighted by Gasteiger charge is 2.10. The van der Waals surface area contributed by atoms with Crippen molar-refractivity contribution in [2.45, 2.75) is 20.8 Å². The average molecular weight is 351 g/mol. The van der Waals surface area contributed by atoms with E-state index in [-0.39, 0.29) is 5.95 Å². The van der Waals surface area contributed by atoms with Gasteiger partial charge in [0.05, 0.1) is 5.69 Å². The van der Waals surface area contributed by atoms with Crippen molar-refractivity contribution in [3.63, 3.8) is 0 Å². The molecule has 0 saturated carbocycles. The van der Waals surface area contributed by atoms with Gasteiger partial charge in [0.25, 0.3) is 0 Å². The van der Waals surface area contributed by atoms with Gasteiger partial charge in [-0.3, -0.25) is 0 Å². The van der Waals surface area contributed by atoms with E-state index in [4.69, 9.17) is 5.73 Å². The minimum atomic E-state index is 0.206. The molecule has 0 unspecified atom stereocenters. The lowest BCUT2D eigenvalue weighted by Crippen LogP contribution is -2.25. The number of aryl methyl sites for hydroxylation is 1. The van der Waals surface area contributed by atoms with Crippen molar-refractivity contribution >= 4 is 39.5 Å². The number of nitrogens with two attached hydrogens (primary N) is 1. The van der Waals surface area contributed by atoms with E-state index in [0.717, 1.165) is 23.2 Å². The zero-order valence-corrected chi connectivity index (χ0v) is 14.0. The van der Waals surface area contributed by atoms with Gasteiger partial charge in [-0.15, -0.1) is 0 Å². The zero-order valence-electron chi connectivity index (χ0n) is 12.4. The van der Waals surface area contributed by atoms with E-state index in [9.17, 15) is 0 Å². The normalized spacial score (nSPS) is 10.5. The molecule has 7 heteroatoms. The Bertz CT molecular complexity index is 627.